The van der Waals surface area contributed by atoms with E-state index in [0.29, 0.717) is 12.3 Å². The number of rotatable bonds is 3. The maximum Gasteiger partial charge on any atom is 0.224 e. The van der Waals surface area contributed by atoms with Gasteiger partial charge in [-0.3, -0.25) is 9.79 Å². The van der Waals surface area contributed by atoms with Gasteiger partial charge in [0.1, 0.15) is 0 Å². The molecule has 1 amide bonds. The number of nitrogens with one attached hydrogen (secondary N) is 1. The van der Waals surface area contributed by atoms with Crippen LogP contribution in [0.5, 0.6) is 0 Å². The summed E-state index contributed by atoms with van der Waals surface area (Å²) < 4.78 is 0. The summed E-state index contributed by atoms with van der Waals surface area (Å²) in [4.78, 5) is 17.9. The minimum Gasteiger partial charge on any atom is -0.373 e. The average molecular weight is 209 g/mol. The highest BCUT2D eigenvalue weighted by atomic mass is 16.2. The first-order valence-corrected chi connectivity index (χ1v) is 5.91. The van der Waals surface area contributed by atoms with Gasteiger partial charge in [-0.15, -0.1) is 0 Å². The zero-order valence-electron chi connectivity index (χ0n) is 9.17. The Labute approximate surface area is 90.7 Å². The van der Waals surface area contributed by atoms with E-state index in [0.717, 1.165) is 44.9 Å². The summed E-state index contributed by atoms with van der Waals surface area (Å²) in [7, 11) is 0. The number of likely N-dealkylation sites (tertiary alicyclic amines) is 1. The Kier molecular flexibility index (Phi) is 3.59. The largest absolute Gasteiger partial charge is 0.373 e. The van der Waals surface area contributed by atoms with Crippen molar-refractivity contribution in [3.63, 3.8) is 0 Å². The highest BCUT2D eigenvalue weighted by Gasteiger charge is 2.17. The molecule has 0 saturated carbocycles. The first-order valence-electron chi connectivity index (χ1n) is 5.91. The molecule has 15 heavy (non-hydrogen) atoms. The predicted molar refractivity (Wildman–Crippen MR) is 60.0 cm³/mol. The lowest BCUT2D eigenvalue weighted by Crippen LogP contribution is -2.32. The Morgan fingerprint density at radius 3 is 2.80 bits per heavy atom. The van der Waals surface area contributed by atoms with Gasteiger partial charge < -0.3 is 10.2 Å². The molecule has 0 bridgehead atoms. The number of carbonyl (C=O) groups excluding carboxylic acids is 1. The Hall–Kier alpha value is -1.06. The fourth-order valence-corrected chi connectivity index (χ4v) is 2.12. The van der Waals surface area contributed by atoms with Crippen molar-refractivity contribution in [3.8, 4) is 0 Å². The third-order valence-electron chi connectivity index (χ3n) is 3.00. The summed E-state index contributed by atoms with van der Waals surface area (Å²) in [5, 5.41) is 3.24. The van der Waals surface area contributed by atoms with Crippen molar-refractivity contribution >= 4 is 11.7 Å². The molecule has 0 aromatic rings. The third kappa shape index (κ3) is 2.94. The molecule has 1 N–H and O–H groups in total. The van der Waals surface area contributed by atoms with Crippen molar-refractivity contribution in [1.82, 2.24) is 10.2 Å². The zero-order chi connectivity index (χ0) is 10.5. The summed E-state index contributed by atoms with van der Waals surface area (Å²) in [6.07, 6.45) is 5.16. The number of carbonyl (C=O) groups is 1. The van der Waals surface area contributed by atoms with Crippen LogP contribution in [-0.2, 0) is 4.79 Å². The molecule has 0 aliphatic carbocycles. The normalized spacial score (nSPS) is 20.5. The molecular formula is C11H19N3O. The highest BCUT2D eigenvalue weighted by molar-refractivity contribution is 5.84. The minimum absolute atomic E-state index is 0.290. The summed E-state index contributed by atoms with van der Waals surface area (Å²) in [5.74, 6) is 1.38. The van der Waals surface area contributed by atoms with Crippen LogP contribution in [0, 0.1) is 0 Å². The SMILES string of the molecule is O=C(CCNC1=NCCC1)N1CCCC1. The molecule has 2 aliphatic rings. The van der Waals surface area contributed by atoms with Gasteiger partial charge in [0.05, 0.1) is 5.84 Å². The van der Waals surface area contributed by atoms with Crippen LogP contribution < -0.4 is 5.32 Å². The van der Waals surface area contributed by atoms with Crippen LogP contribution in [0.15, 0.2) is 4.99 Å². The molecule has 0 aromatic heterocycles. The molecular weight excluding hydrogens is 190 g/mol. The Morgan fingerprint density at radius 1 is 1.33 bits per heavy atom. The lowest BCUT2D eigenvalue weighted by molar-refractivity contribution is -0.129. The van der Waals surface area contributed by atoms with Gasteiger partial charge in [0, 0.05) is 39.0 Å². The van der Waals surface area contributed by atoms with Crippen molar-refractivity contribution in [2.24, 2.45) is 4.99 Å². The smallest absolute Gasteiger partial charge is 0.224 e. The van der Waals surface area contributed by atoms with Gasteiger partial charge in [-0.1, -0.05) is 0 Å². The maximum absolute atomic E-state index is 11.7. The molecule has 84 valence electrons. The second-order valence-corrected chi connectivity index (χ2v) is 4.20. The van der Waals surface area contributed by atoms with Crippen molar-refractivity contribution in [1.29, 1.82) is 0 Å². The van der Waals surface area contributed by atoms with E-state index < -0.39 is 0 Å². The number of hydrogen-bond donors (Lipinski definition) is 1. The molecule has 0 aromatic carbocycles. The molecule has 4 heteroatoms. The van der Waals surface area contributed by atoms with Gasteiger partial charge in [-0.25, -0.2) is 0 Å². The first-order chi connectivity index (χ1) is 7.36. The van der Waals surface area contributed by atoms with Crippen molar-refractivity contribution < 1.29 is 4.79 Å². The second-order valence-electron chi connectivity index (χ2n) is 4.20. The number of amidine groups is 1. The Morgan fingerprint density at radius 2 is 2.13 bits per heavy atom. The number of aliphatic imine (C=N–C) groups is 1. The lowest BCUT2D eigenvalue weighted by atomic mass is 10.3. The molecule has 2 heterocycles. The van der Waals surface area contributed by atoms with Crippen LogP contribution in [0.25, 0.3) is 0 Å². The van der Waals surface area contributed by atoms with Crippen molar-refractivity contribution in [3.05, 3.63) is 0 Å². The Bertz CT molecular complexity index is 257. The topological polar surface area (TPSA) is 44.7 Å². The Balaban J connectivity index is 1.62. The monoisotopic (exact) mass is 209 g/mol. The third-order valence-corrected chi connectivity index (χ3v) is 3.00. The van der Waals surface area contributed by atoms with Crippen LogP contribution in [0.4, 0.5) is 0 Å². The molecule has 1 fully saturated rings. The van der Waals surface area contributed by atoms with Crippen LogP contribution >= 0.6 is 0 Å². The zero-order valence-corrected chi connectivity index (χ0v) is 9.17. The van der Waals surface area contributed by atoms with E-state index >= 15 is 0 Å². The molecule has 2 rings (SSSR count). The number of hydrogen-bond acceptors (Lipinski definition) is 3. The van der Waals surface area contributed by atoms with Crippen LogP contribution in [0.1, 0.15) is 32.1 Å². The van der Waals surface area contributed by atoms with Gasteiger partial charge in [0.2, 0.25) is 5.91 Å². The molecule has 0 radical (unpaired) electrons. The average Bonchev–Trinajstić information content (AvgIpc) is 2.90. The number of nitrogens with zero attached hydrogens (tertiary/aromatic N) is 2. The van der Waals surface area contributed by atoms with Crippen LogP contribution in [0.2, 0.25) is 0 Å². The van der Waals surface area contributed by atoms with Gasteiger partial charge in [-0.05, 0) is 19.3 Å². The molecule has 4 nitrogen and oxygen atoms in total. The summed E-state index contributed by atoms with van der Waals surface area (Å²) in [6, 6.07) is 0. The van der Waals surface area contributed by atoms with Gasteiger partial charge in [0.25, 0.3) is 0 Å². The fraction of sp³-hybridized carbons (Fsp3) is 0.818. The molecule has 2 aliphatic heterocycles. The summed E-state index contributed by atoms with van der Waals surface area (Å²) in [5.41, 5.74) is 0. The van der Waals surface area contributed by atoms with Crippen LogP contribution in [-0.4, -0.2) is 42.8 Å². The molecule has 0 atom stereocenters. The maximum atomic E-state index is 11.7. The van der Waals surface area contributed by atoms with E-state index in [1.54, 1.807) is 0 Å². The highest BCUT2D eigenvalue weighted by Crippen LogP contribution is 2.08. The summed E-state index contributed by atoms with van der Waals surface area (Å²) >= 11 is 0. The van der Waals surface area contributed by atoms with E-state index in [1.807, 2.05) is 4.90 Å². The number of amides is 1. The van der Waals surface area contributed by atoms with E-state index in [9.17, 15) is 4.79 Å². The van der Waals surface area contributed by atoms with Gasteiger partial charge >= 0.3 is 0 Å². The first kappa shape index (κ1) is 10.5. The van der Waals surface area contributed by atoms with Crippen molar-refractivity contribution in [2.45, 2.75) is 32.1 Å². The minimum atomic E-state index is 0.290. The van der Waals surface area contributed by atoms with Gasteiger partial charge in [-0.2, -0.15) is 0 Å². The lowest BCUT2D eigenvalue weighted by Gasteiger charge is -2.15. The van der Waals surface area contributed by atoms with E-state index in [-0.39, 0.29) is 0 Å². The predicted octanol–water partition coefficient (Wildman–Crippen LogP) is 0.781. The van der Waals surface area contributed by atoms with E-state index in [1.165, 1.54) is 12.8 Å². The standard InChI is InChI=1S/C11H19N3O/c15-11(14-8-1-2-9-14)5-7-13-10-4-3-6-12-10/h1-9H2,(H,12,13). The quantitative estimate of drug-likeness (QED) is 0.746. The molecule has 0 unspecified atom stereocenters. The van der Waals surface area contributed by atoms with Gasteiger partial charge in [0.15, 0.2) is 0 Å². The van der Waals surface area contributed by atoms with E-state index in [2.05, 4.69) is 10.3 Å². The molecule has 1 saturated heterocycles. The van der Waals surface area contributed by atoms with Crippen molar-refractivity contribution in [2.75, 3.05) is 26.2 Å². The second kappa shape index (κ2) is 5.14. The summed E-state index contributed by atoms with van der Waals surface area (Å²) in [6.45, 7) is 3.61. The molecule has 0 spiro atoms. The fourth-order valence-electron chi connectivity index (χ4n) is 2.12. The van der Waals surface area contributed by atoms with Crippen LogP contribution in [0.3, 0.4) is 0 Å². The van der Waals surface area contributed by atoms with E-state index in [4.69, 9.17) is 0 Å².